The van der Waals surface area contributed by atoms with Gasteiger partial charge >= 0.3 is 0 Å². The van der Waals surface area contributed by atoms with Gasteiger partial charge < -0.3 is 9.64 Å². The first-order chi connectivity index (χ1) is 11.7. The monoisotopic (exact) mass is 332 g/mol. The number of rotatable bonds is 5. The van der Waals surface area contributed by atoms with E-state index in [0.29, 0.717) is 18.2 Å². The normalized spacial score (nSPS) is 22.1. The predicted octanol–water partition coefficient (Wildman–Crippen LogP) is 3.64. The summed E-state index contributed by atoms with van der Waals surface area (Å²) < 4.78 is 5.44. The van der Waals surface area contributed by atoms with Gasteiger partial charge in [0.1, 0.15) is 0 Å². The lowest BCUT2D eigenvalue weighted by molar-refractivity contribution is -0.186. The fourth-order valence-corrected chi connectivity index (χ4v) is 3.51. The average Bonchev–Trinajstić information content (AvgIpc) is 2.67. The van der Waals surface area contributed by atoms with Crippen LogP contribution in [0.1, 0.15) is 61.7 Å². The molecule has 0 bridgehead atoms. The lowest BCUT2D eigenvalue weighted by Crippen LogP contribution is -2.34. The number of amides is 1. The molecule has 2 fully saturated rings. The van der Waals surface area contributed by atoms with Crippen molar-refractivity contribution in [3.63, 3.8) is 0 Å². The fraction of sp³-hybridized carbons (Fsp3) is 0.632. The second-order valence-electron chi connectivity index (χ2n) is 6.79. The quantitative estimate of drug-likeness (QED) is 0.836. The van der Waals surface area contributed by atoms with E-state index in [4.69, 9.17) is 9.57 Å². The molecular formula is C19H28N2O3. The van der Waals surface area contributed by atoms with Crippen LogP contribution in [0.2, 0.25) is 0 Å². The number of hydrogen-bond acceptors (Lipinski definition) is 4. The second kappa shape index (κ2) is 8.49. The third kappa shape index (κ3) is 4.48. The van der Waals surface area contributed by atoms with Crippen molar-refractivity contribution in [3.05, 3.63) is 29.8 Å². The Balaban J connectivity index is 1.52. The van der Waals surface area contributed by atoms with Crippen molar-refractivity contribution in [2.75, 3.05) is 18.6 Å². The van der Waals surface area contributed by atoms with Gasteiger partial charge in [0, 0.05) is 37.4 Å². The third-order valence-corrected chi connectivity index (χ3v) is 5.08. The van der Waals surface area contributed by atoms with Crippen LogP contribution in [-0.2, 0) is 9.57 Å². The smallest absolute Gasteiger partial charge is 0.274 e. The molecule has 0 aromatic heterocycles. The maximum absolute atomic E-state index is 12.2. The number of carbonyl (C=O) groups excluding carboxylic acids is 1. The van der Waals surface area contributed by atoms with E-state index < -0.39 is 0 Å². The van der Waals surface area contributed by atoms with Crippen molar-refractivity contribution in [1.82, 2.24) is 5.48 Å². The van der Waals surface area contributed by atoms with Crippen molar-refractivity contribution < 1.29 is 14.4 Å². The van der Waals surface area contributed by atoms with Crippen LogP contribution in [0.3, 0.4) is 0 Å². The molecule has 1 atom stereocenters. The van der Waals surface area contributed by atoms with Gasteiger partial charge in [-0.15, -0.1) is 0 Å². The topological polar surface area (TPSA) is 50.8 Å². The van der Waals surface area contributed by atoms with Crippen LogP contribution in [0.5, 0.6) is 0 Å². The van der Waals surface area contributed by atoms with Gasteiger partial charge in [0.15, 0.2) is 6.29 Å². The summed E-state index contributed by atoms with van der Waals surface area (Å²) in [4.78, 5) is 19.8. The molecule has 5 nitrogen and oxygen atoms in total. The summed E-state index contributed by atoms with van der Waals surface area (Å²) in [5.41, 5.74) is 4.27. The number of nitrogens with one attached hydrogen (secondary N) is 1. The second-order valence-corrected chi connectivity index (χ2v) is 6.79. The summed E-state index contributed by atoms with van der Waals surface area (Å²) in [6.45, 7) is 0.697. The highest BCUT2D eigenvalue weighted by Crippen LogP contribution is 2.26. The van der Waals surface area contributed by atoms with E-state index in [1.54, 1.807) is 0 Å². The van der Waals surface area contributed by atoms with Gasteiger partial charge in [-0.2, -0.15) is 0 Å². The van der Waals surface area contributed by atoms with Crippen LogP contribution in [0.15, 0.2) is 24.3 Å². The summed E-state index contributed by atoms with van der Waals surface area (Å²) in [5.74, 6) is -0.226. The van der Waals surface area contributed by atoms with E-state index in [9.17, 15) is 4.79 Å². The van der Waals surface area contributed by atoms with Gasteiger partial charge in [0.25, 0.3) is 5.91 Å². The molecule has 0 unspecified atom stereocenters. The minimum absolute atomic E-state index is 0.226. The van der Waals surface area contributed by atoms with Gasteiger partial charge in [-0.3, -0.25) is 4.79 Å². The van der Waals surface area contributed by atoms with Crippen LogP contribution in [0.25, 0.3) is 0 Å². The molecule has 1 heterocycles. The molecule has 1 amide bonds. The van der Waals surface area contributed by atoms with Gasteiger partial charge in [-0.25, -0.2) is 10.3 Å². The molecule has 24 heavy (non-hydrogen) atoms. The first-order valence-electron chi connectivity index (χ1n) is 9.14. The van der Waals surface area contributed by atoms with Gasteiger partial charge in [-0.05, 0) is 49.9 Å². The maximum Gasteiger partial charge on any atom is 0.274 e. The molecule has 1 saturated heterocycles. The summed E-state index contributed by atoms with van der Waals surface area (Å²) in [5, 5.41) is 0. The van der Waals surface area contributed by atoms with Crippen molar-refractivity contribution in [2.24, 2.45) is 0 Å². The Labute approximate surface area is 144 Å². The van der Waals surface area contributed by atoms with E-state index in [-0.39, 0.29) is 12.2 Å². The number of carbonyl (C=O) groups is 1. The van der Waals surface area contributed by atoms with Crippen molar-refractivity contribution in [1.29, 1.82) is 0 Å². The Morgan fingerprint density at radius 1 is 1.08 bits per heavy atom. The van der Waals surface area contributed by atoms with E-state index >= 15 is 0 Å². The van der Waals surface area contributed by atoms with Crippen LogP contribution in [0.4, 0.5) is 5.69 Å². The molecule has 1 aromatic carbocycles. The Morgan fingerprint density at radius 2 is 1.79 bits per heavy atom. The minimum Gasteiger partial charge on any atom is -0.372 e. The molecule has 1 aliphatic heterocycles. The van der Waals surface area contributed by atoms with Crippen LogP contribution >= 0.6 is 0 Å². The van der Waals surface area contributed by atoms with E-state index in [2.05, 4.69) is 17.4 Å². The molecule has 1 saturated carbocycles. The predicted molar refractivity (Wildman–Crippen MR) is 93.9 cm³/mol. The standard InChI is InChI=1S/C19H28N2O3/c1-21(16-7-3-2-4-8-16)17-12-10-15(11-13-17)19(22)20-24-18-9-5-6-14-23-18/h10-13,16,18H,2-9,14H2,1H3,(H,20,22)/t18-/m0/s1. The maximum atomic E-state index is 12.2. The Hall–Kier alpha value is -1.59. The number of benzene rings is 1. The van der Waals surface area contributed by atoms with Gasteiger partial charge in [-0.1, -0.05) is 19.3 Å². The van der Waals surface area contributed by atoms with E-state index in [1.165, 1.54) is 32.1 Å². The Morgan fingerprint density at radius 3 is 2.46 bits per heavy atom. The molecule has 0 spiro atoms. The molecule has 2 aliphatic rings. The van der Waals surface area contributed by atoms with E-state index in [1.807, 2.05) is 24.3 Å². The van der Waals surface area contributed by atoms with Crippen molar-refractivity contribution >= 4 is 11.6 Å². The third-order valence-electron chi connectivity index (χ3n) is 5.08. The summed E-state index contributed by atoms with van der Waals surface area (Å²) in [6, 6.07) is 8.36. The summed E-state index contributed by atoms with van der Waals surface area (Å²) in [7, 11) is 2.15. The zero-order valence-corrected chi connectivity index (χ0v) is 14.5. The zero-order valence-electron chi connectivity index (χ0n) is 14.5. The average molecular weight is 332 g/mol. The van der Waals surface area contributed by atoms with Gasteiger partial charge in [0.2, 0.25) is 0 Å². The number of anilines is 1. The number of hydrogen-bond donors (Lipinski definition) is 1. The molecule has 1 aromatic rings. The molecular weight excluding hydrogens is 304 g/mol. The minimum atomic E-state index is -0.320. The van der Waals surface area contributed by atoms with Crippen LogP contribution in [-0.4, -0.2) is 31.9 Å². The SMILES string of the molecule is CN(c1ccc(C(=O)NO[C@H]2CCCCO2)cc1)C1CCCCC1. The zero-order chi connectivity index (χ0) is 16.8. The lowest BCUT2D eigenvalue weighted by Gasteiger charge is -2.33. The molecule has 3 rings (SSSR count). The first kappa shape index (κ1) is 17.2. The number of hydroxylamine groups is 1. The Bertz CT molecular complexity index is 520. The van der Waals surface area contributed by atoms with E-state index in [0.717, 1.165) is 24.9 Å². The fourth-order valence-electron chi connectivity index (χ4n) is 3.51. The van der Waals surface area contributed by atoms with Crippen molar-refractivity contribution in [2.45, 2.75) is 63.7 Å². The molecule has 5 heteroatoms. The molecule has 0 radical (unpaired) electrons. The van der Waals surface area contributed by atoms with Gasteiger partial charge in [0.05, 0.1) is 0 Å². The highest BCUT2D eigenvalue weighted by Gasteiger charge is 2.19. The molecule has 1 aliphatic carbocycles. The highest BCUT2D eigenvalue weighted by molar-refractivity contribution is 5.93. The highest BCUT2D eigenvalue weighted by atomic mass is 16.8. The largest absolute Gasteiger partial charge is 0.372 e. The van der Waals surface area contributed by atoms with Crippen LogP contribution in [0, 0.1) is 0 Å². The van der Waals surface area contributed by atoms with Crippen LogP contribution < -0.4 is 10.4 Å². The summed E-state index contributed by atoms with van der Waals surface area (Å²) in [6.07, 6.45) is 9.14. The lowest BCUT2D eigenvalue weighted by atomic mass is 9.94. The van der Waals surface area contributed by atoms with Crippen molar-refractivity contribution in [3.8, 4) is 0 Å². The Kier molecular flexibility index (Phi) is 6.10. The first-order valence-corrected chi connectivity index (χ1v) is 9.14. The molecule has 1 N–H and O–H groups in total. The summed E-state index contributed by atoms with van der Waals surface area (Å²) >= 11 is 0. The number of nitrogens with zero attached hydrogens (tertiary/aromatic N) is 1. The molecule has 132 valence electrons. The number of ether oxygens (including phenoxy) is 1.